The minimum atomic E-state index is -3.38. The van der Waals surface area contributed by atoms with Crippen molar-refractivity contribution >= 4 is 22.0 Å². The minimum Gasteiger partial charge on any atom is -0.444 e. The molecule has 130 valence electrons. The van der Waals surface area contributed by atoms with Gasteiger partial charge in [-0.05, 0) is 33.7 Å². The standard InChI is InChI=1S/C13H27N3O5S/c1-9(2)10(16-12(18)21-13(3,4)5)11(17)15-7-8-22(19,20)14-6/h9-10,14H,7-8H2,1-6H3,(H,15,17)(H,16,18). The number of rotatable bonds is 7. The van der Waals surface area contributed by atoms with E-state index < -0.39 is 33.7 Å². The maximum atomic E-state index is 12.1. The third-order valence-electron chi connectivity index (χ3n) is 2.60. The Labute approximate surface area is 132 Å². The normalized spacial score (nSPS) is 13.6. The van der Waals surface area contributed by atoms with Gasteiger partial charge in [0.05, 0.1) is 5.75 Å². The number of amides is 2. The van der Waals surface area contributed by atoms with Gasteiger partial charge in [-0.25, -0.2) is 17.9 Å². The Morgan fingerprint density at radius 1 is 1.18 bits per heavy atom. The first-order valence-electron chi connectivity index (χ1n) is 7.06. The summed E-state index contributed by atoms with van der Waals surface area (Å²) in [6.07, 6.45) is -0.691. The fourth-order valence-electron chi connectivity index (χ4n) is 1.49. The zero-order valence-electron chi connectivity index (χ0n) is 14.0. The highest BCUT2D eigenvalue weighted by Crippen LogP contribution is 2.08. The van der Waals surface area contributed by atoms with Gasteiger partial charge in [0.25, 0.3) is 0 Å². The van der Waals surface area contributed by atoms with E-state index in [2.05, 4.69) is 15.4 Å². The van der Waals surface area contributed by atoms with E-state index in [4.69, 9.17) is 4.74 Å². The minimum absolute atomic E-state index is 0.0405. The number of hydrogen-bond acceptors (Lipinski definition) is 5. The zero-order valence-corrected chi connectivity index (χ0v) is 14.8. The Bertz CT molecular complexity index is 482. The van der Waals surface area contributed by atoms with Crippen molar-refractivity contribution in [3.63, 3.8) is 0 Å². The number of carbonyl (C=O) groups excluding carboxylic acids is 2. The van der Waals surface area contributed by atoms with E-state index in [0.29, 0.717) is 0 Å². The number of nitrogens with one attached hydrogen (secondary N) is 3. The van der Waals surface area contributed by atoms with E-state index in [1.54, 1.807) is 34.6 Å². The SMILES string of the molecule is CNS(=O)(=O)CCNC(=O)C(NC(=O)OC(C)(C)C)C(C)C. The van der Waals surface area contributed by atoms with Crippen LogP contribution in [-0.4, -0.2) is 51.4 Å². The summed E-state index contributed by atoms with van der Waals surface area (Å²) < 4.78 is 29.8. The molecule has 22 heavy (non-hydrogen) atoms. The molecule has 0 saturated carbocycles. The highest BCUT2D eigenvalue weighted by Gasteiger charge is 2.26. The number of carbonyl (C=O) groups is 2. The Hall–Kier alpha value is -1.35. The van der Waals surface area contributed by atoms with Gasteiger partial charge in [0.15, 0.2) is 0 Å². The van der Waals surface area contributed by atoms with Crippen LogP contribution in [0.5, 0.6) is 0 Å². The quantitative estimate of drug-likeness (QED) is 0.614. The lowest BCUT2D eigenvalue weighted by Gasteiger charge is -2.25. The van der Waals surface area contributed by atoms with Crippen molar-refractivity contribution < 1.29 is 22.7 Å². The Morgan fingerprint density at radius 2 is 1.73 bits per heavy atom. The van der Waals surface area contributed by atoms with Crippen LogP contribution in [0.25, 0.3) is 0 Å². The molecule has 3 N–H and O–H groups in total. The largest absolute Gasteiger partial charge is 0.444 e. The molecular formula is C13H27N3O5S. The first-order valence-corrected chi connectivity index (χ1v) is 8.71. The van der Waals surface area contributed by atoms with Gasteiger partial charge < -0.3 is 15.4 Å². The molecule has 0 heterocycles. The van der Waals surface area contributed by atoms with Crippen molar-refractivity contribution in [1.29, 1.82) is 0 Å². The van der Waals surface area contributed by atoms with E-state index in [1.165, 1.54) is 7.05 Å². The van der Waals surface area contributed by atoms with E-state index in [0.717, 1.165) is 0 Å². The number of ether oxygens (including phenoxy) is 1. The van der Waals surface area contributed by atoms with Crippen LogP contribution < -0.4 is 15.4 Å². The van der Waals surface area contributed by atoms with Crippen molar-refractivity contribution in [3.8, 4) is 0 Å². The molecule has 0 bridgehead atoms. The zero-order chi connectivity index (χ0) is 17.6. The maximum Gasteiger partial charge on any atom is 0.408 e. The molecule has 0 fully saturated rings. The van der Waals surface area contributed by atoms with Crippen LogP contribution >= 0.6 is 0 Å². The van der Waals surface area contributed by atoms with Gasteiger partial charge >= 0.3 is 6.09 Å². The molecule has 0 aliphatic heterocycles. The van der Waals surface area contributed by atoms with Gasteiger partial charge in [0.2, 0.25) is 15.9 Å². The highest BCUT2D eigenvalue weighted by atomic mass is 32.2. The second kappa shape index (κ2) is 8.33. The summed E-state index contributed by atoms with van der Waals surface area (Å²) in [5.41, 5.74) is -0.664. The molecule has 0 rings (SSSR count). The lowest BCUT2D eigenvalue weighted by atomic mass is 10.0. The second-order valence-corrected chi connectivity index (χ2v) is 8.23. The summed E-state index contributed by atoms with van der Waals surface area (Å²) >= 11 is 0. The Kier molecular flexibility index (Phi) is 7.82. The van der Waals surface area contributed by atoms with Crippen molar-refractivity contribution in [1.82, 2.24) is 15.4 Å². The van der Waals surface area contributed by atoms with E-state index >= 15 is 0 Å². The molecule has 1 atom stereocenters. The average Bonchev–Trinajstić information content (AvgIpc) is 2.33. The highest BCUT2D eigenvalue weighted by molar-refractivity contribution is 7.89. The molecule has 8 nitrogen and oxygen atoms in total. The van der Waals surface area contributed by atoms with Gasteiger partial charge in [0.1, 0.15) is 11.6 Å². The maximum absolute atomic E-state index is 12.1. The molecular weight excluding hydrogens is 310 g/mol. The molecule has 0 saturated heterocycles. The third-order valence-corrected chi connectivity index (χ3v) is 3.97. The van der Waals surface area contributed by atoms with Crippen LogP contribution in [0.1, 0.15) is 34.6 Å². The van der Waals surface area contributed by atoms with E-state index in [-0.39, 0.29) is 18.2 Å². The van der Waals surface area contributed by atoms with Gasteiger partial charge in [-0.1, -0.05) is 13.8 Å². The summed E-state index contributed by atoms with van der Waals surface area (Å²) in [6, 6.07) is -0.799. The van der Waals surface area contributed by atoms with Crippen LogP contribution in [-0.2, 0) is 19.6 Å². The van der Waals surface area contributed by atoms with Crippen LogP contribution in [0.4, 0.5) is 4.79 Å². The van der Waals surface area contributed by atoms with Crippen molar-refractivity contribution in [2.75, 3.05) is 19.3 Å². The summed E-state index contributed by atoms with van der Waals surface area (Å²) in [5, 5.41) is 4.99. The summed E-state index contributed by atoms with van der Waals surface area (Å²) in [7, 11) is -2.08. The van der Waals surface area contributed by atoms with Gasteiger partial charge in [-0.3, -0.25) is 4.79 Å². The fourth-order valence-corrected chi connectivity index (χ4v) is 2.07. The molecule has 0 aliphatic carbocycles. The molecule has 0 radical (unpaired) electrons. The summed E-state index contributed by atoms with van der Waals surface area (Å²) in [6.45, 7) is 8.66. The summed E-state index contributed by atoms with van der Waals surface area (Å²) in [5.74, 6) is -0.854. The van der Waals surface area contributed by atoms with E-state index in [9.17, 15) is 18.0 Å². The molecule has 0 aliphatic rings. The predicted octanol–water partition coefficient (Wildman–Crippen LogP) is 0.201. The first kappa shape index (κ1) is 20.6. The number of hydrogen-bond donors (Lipinski definition) is 3. The van der Waals surface area contributed by atoms with Gasteiger partial charge in [-0.15, -0.1) is 0 Å². The predicted molar refractivity (Wildman–Crippen MR) is 83.9 cm³/mol. The topological polar surface area (TPSA) is 114 Å². The monoisotopic (exact) mass is 337 g/mol. The molecule has 0 aromatic carbocycles. The average molecular weight is 337 g/mol. The number of alkyl carbamates (subject to hydrolysis) is 1. The van der Waals surface area contributed by atoms with Crippen LogP contribution in [0.2, 0.25) is 0 Å². The first-order chi connectivity index (χ1) is 9.88. The lowest BCUT2D eigenvalue weighted by Crippen LogP contribution is -2.51. The summed E-state index contributed by atoms with van der Waals surface area (Å²) in [4.78, 5) is 23.8. The van der Waals surface area contributed by atoms with Crippen molar-refractivity contribution in [2.45, 2.75) is 46.3 Å². The second-order valence-electron chi connectivity index (χ2n) is 6.18. The Morgan fingerprint density at radius 3 is 2.14 bits per heavy atom. The van der Waals surface area contributed by atoms with Crippen LogP contribution in [0, 0.1) is 5.92 Å². The molecule has 0 aromatic rings. The molecule has 2 amide bonds. The third kappa shape index (κ3) is 8.83. The lowest BCUT2D eigenvalue weighted by molar-refractivity contribution is -0.124. The van der Waals surface area contributed by atoms with Crippen LogP contribution in [0.3, 0.4) is 0 Å². The van der Waals surface area contributed by atoms with Crippen molar-refractivity contribution in [3.05, 3.63) is 0 Å². The molecule has 0 aromatic heterocycles. The smallest absolute Gasteiger partial charge is 0.408 e. The fraction of sp³-hybridized carbons (Fsp3) is 0.846. The molecule has 1 unspecified atom stereocenters. The van der Waals surface area contributed by atoms with Gasteiger partial charge in [-0.2, -0.15) is 0 Å². The van der Waals surface area contributed by atoms with Crippen molar-refractivity contribution in [2.24, 2.45) is 5.92 Å². The molecule has 9 heteroatoms. The number of sulfonamides is 1. The van der Waals surface area contributed by atoms with E-state index in [1.807, 2.05) is 0 Å². The van der Waals surface area contributed by atoms with Gasteiger partial charge in [0, 0.05) is 6.54 Å². The molecule has 0 spiro atoms. The Balaban J connectivity index is 4.56. The van der Waals surface area contributed by atoms with Crippen LogP contribution in [0.15, 0.2) is 0 Å².